The summed E-state index contributed by atoms with van der Waals surface area (Å²) in [6.45, 7) is 2.57. The van der Waals surface area contributed by atoms with Gasteiger partial charge in [0.15, 0.2) is 6.29 Å². The molecule has 3 nitrogen and oxygen atoms in total. The fraction of sp³-hybridized carbons (Fsp3) is 0.467. The zero-order valence-electron chi connectivity index (χ0n) is 10.7. The van der Waals surface area contributed by atoms with Crippen molar-refractivity contribution in [3.8, 4) is 0 Å². The summed E-state index contributed by atoms with van der Waals surface area (Å²) in [5, 5.41) is 10.2. The van der Waals surface area contributed by atoms with Gasteiger partial charge in [-0.05, 0) is 12.5 Å². The summed E-state index contributed by atoms with van der Waals surface area (Å²) in [6, 6.07) is 9.94. The molecule has 0 aromatic heterocycles. The van der Waals surface area contributed by atoms with Crippen LogP contribution in [0.15, 0.2) is 42.5 Å². The Kier molecular flexibility index (Phi) is 4.93. The first kappa shape index (κ1) is 13.3. The predicted octanol–water partition coefficient (Wildman–Crippen LogP) is 2.30. The van der Waals surface area contributed by atoms with Gasteiger partial charge in [0.2, 0.25) is 0 Å². The fourth-order valence-corrected chi connectivity index (χ4v) is 2.08. The second-order valence-corrected chi connectivity index (χ2v) is 4.41. The summed E-state index contributed by atoms with van der Waals surface area (Å²) in [5.74, 6) is 0. The van der Waals surface area contributed by atoms with Crippen LogP contribution in [-0.4, -0.2) is 30.2 Å². The Bertz CT molecular complexity index is 375. The molecule has 0 fully saturated rings. The summed E-state index contributed by atoms with van der Waals surface area (Å²) in [5.41, 5.74) is 1.11. The standard InChI is InChI=1S/C15H20O3/c1-2-17-15-10-6-9-14(18-15)13(16)11-12-7-4-3-5-8-12/h3-9,13-16H,2,10-11H2,1H3/t13-,14-,15+/m1/s1. The molecule has 1 aliphatic rings. The molecule has 0 saturated heterocycles. The predicted molar refractivity (Wildman–Crippen MR) is 70.2 cm³/mol. The third kappa shape index (κ3) is 3.67. The maximum Gasteiger partial charge on any atom is 0.161 e. The Balaban J connectivity index is 1.91. The van der Waals surface area contributed by atoms with Gasteiger partial charge in [0.05, 0.1) is 6.10 Å². The molecule has 3 heteroatoms. The smallest absolute Gasteiger partial charge is 0.161 e. The molecule has 98 valence electrons. The molecule has 0 aliphatic carbocycles. The van der Waals surface area contributed by atoms with Crippen LogP contribution in [0.4, 0.5) is 0 Å². The summed E-state index contributed by atoms with van der Waals surface area (Å²) >= 11 is 0. The summed E-state index contributed by atoms with van der Waals surface area (Å²) in [4.78, 5) is 0. The van der Waals surface area contributed by atoms with Crippen LogP contribution in [0.2, 0.25) is 0 Å². The van der Waals surface area contributed by atoms with E-state index >= 15 is 0 Å². The lowest BCUT2D eigenvalue weighted by molar-refractivity contribution is -0.180. The molecule has 1 heterocycles. The molecule has 0 saturated carbocycles. The van der Waals surface area contributed by atoms with Crippen LogP contribution in [0.25, 0.3) is 0 Å². The molecule has 0 radical (unpaired) electrons. The summed E-state index contributed by atoms with van der Waals surface area (Å²) in [7, 11) is 0. The van der Waals surface area contributed by atoms with Gasteiger partial charge in [0, 0.05) is 19.4 Å². The molecule has 3 atom stereocenters. The molecule has 1 aliphatic heterocycles. The van der Waals surface area contributed by atoms with Gasteiger partial charge in [-0.2, -0.15) is 0 Å². The summed E-state index contributed by atoms with van der Waals surface area (Å²) in [6.07, 6.45) is 4.24. The van der Waals surface area contributed by atoms with E-state index in [2.05, 4.69) is 0 Å². The van der Waals surface area contributed by atoms with Crippen molar-refractivity contribution in [3.05, 3.63) is 48.0 Å². The average molecular weight is 248 g/mol. The molecule has 18 heavy (non-hydrogen) atoms. The highest BCUT2D eigenvalue weighted by atomic mass is 16.7. The SMILES string of the molecule is CCO[C@@H]1CC=C[C@H]([C@H](O)Cc2ccccc2)O1. The highest BCUT2D eigenvalue weighted by Gasteiger charge is 2.24. The van der Waals surface area contributed by atoms with E-state index in [1.54, 1.807) is 0 Å². The third-order valence-electron chi connectivity index (χ3n) is 2.98. The van der Waals surface area contributed by atoms with Crippen LogP contribution in [0, 0.1) is 0 Å². The minimum Gasteiger partial charge on any atom is -0.390 e. The van der Waals surface area contributed by atoms with Crippen molar-refractivity contribution in [1.29, 1.82) is 0 Å². The van der Waals surface area contributed by atoms with Gasteiger partial charge in [0.1, 0.15) is 6.10 Å². The Labute approximate surface area is 108 Å². The lowest BCUT2D eigenvalue weighted by atomic mass is 10.0. The number of hydrogen-bond acceptors (Lipinski definition) is 3. The maximum atomic E-state index is 10.2. The zero-order chi connectivity index (χ0) is 12.8. The quantitative estimate of drug-likeness (QED) is 0.813. The van der Waals surface area contributed by atoms with Crippen LogP contribution < -0.4 is 0 Å². The van der Waals surface area contributed by atoms with Crippen molar-refractivity contribution >= 4 is 0 Å². The number of ether oxygens (including phenoxy) is 2. The molecule has 1 aromatic carbocycles. The van der Waals surface area contributed by atoms with Gasteiger partial charge in [0.25, 0.3) is 0 Å². The molecular weight excluding hydrogens is 228 g/mol. The lowest BCUT2D eigenvalue weighted by Crippen LogP contribution is -2.36. The van der Waals surface area contributed by atoms with Crippen molar-refractivity contribution in [2.45, 2.75) is 38.3 Å². The Hall–Kier alpha value is -1.16. The van der Waals surface area contributed by atoms with Crippen molar-refractivity contribution in [2.75, 3.05) is 6.61 Å². The summed E-state index contributed by atoms with van der Waals surface area (Å²) < 4.78 is 11.1. The van der Waals surface area contributed by atoms with Crippen LogP contribution in [0.1, 0.15) is 18.9 Å². The minimum atomic E-state index is -0.535. The molecule has 0 amide bonds. The van der Waals surface area contributed by atoms with Crippen molar-refractivity contribution in [1.82, 2.24) is 0 Å². The van der Waals surface area contributed by atoms with E-state index in [-0.39, 0.29) is 12.4 Å². The van der Waals surface area contributed by atoms with E-state index in [4.69, 9.17) is 9.47 Å². The molecule has 1 N–H and O–H groups in total. The van der Waals surface area contributed by atoms with E-state index in [1.165, 1.54) is 0 Å². The van der Waals surface area contributed by atoms with Gasteiger partial charge in [-0.15, -0.1) is 0 Å². The third-order valence-corrected chi connectivity index (χ3v) is 2.98. The van der Waals surface area contributed by atoms with Crippen LogP contribution in [0.5, 0.6) is 0 Å². The van der Waals surface area contributed by atoms with Crippen LogP contribution >= 0.6 is 0 Å². The second kappa shape index (κ2) is 6.69. The first-order valence-corrected chi connectivity index (χ1v) is 6.45. The zero-order valence-corrected chi connectivity index (χ0v) is 10.7. The van der Waals surface area contributed by atoms with Crippen LogP contribution in [0.3, 0.4) is 0 Å². The fourth-order valence-electron chi connectivity index (χ4n) is 2.08. The Morgan fingerprint density at radius 3 is 2.89 bits per heavy atom. The number of benzene rings is 1. The molecule has 1 aromatic rings. The van der Waals surface area contributed by atoms with E-state index in [0.717, 1.165) is 12.0 Å². The highest BCUT2D eigenvalue weighted by Crippen LogP contribution is 2.18. The lowest BCUT2D eigenvalue weighted by Gasteiger charge is -2.28. The van der Waals surface area contributed by atoms with Crippen LogP contribution in [-0.2, 0) is 15.9 Å². The van der Waals surface area contributed by atoms with E-state index in [0.29, 0.717) is 13.0 Å². The maximum absolute atomic E-state index is 10.2. The largest absolute Gasteiger partial charge is 0.390 e. The molecule has 0 unspecified atom stereocenters. The van der Waals surface area contributed by atoms with Gasteiger partial charge >= 0.3 is 0 Å². The highest BCUT2D eigenvalue weighted by molar-refractivity contribution is 5.16. The molecule has 0 bridgehead atoms. The minimum absolute atomic E-state index is 0.226. The first-order chi connectivity index (χ1) is 8.79. The molecule has 0 spiro atoms. The van der Waals surface area contributed by atoms with Crippen molar-refractivity contribution in [2.24, 2.45) is 0 Å². The van der Waals surface area contributed by atoms with Crippen molar-refractivity contribution < 1.29 is 14.6 Å². The normalized spacial score (nSPS) is 25.0. The van der Waals surface area contributed by atoms with Gasteiger partial charge in [-0.1, -0.05) is 42.5 Å². The van der Waals surface area contributed by atoms with Gasteiger partial charge < -0.3 is 14.6 Å². The monoisotopic (exact) mass is 248 g/mol. The first-order valence-electron chi connectivity index (χ1n) is 6.45. The second-order valence-electron chi connectivity index (χ2n) is 4.41. The van der Waals surface area contributed by atoms with E-state index in [1.807, 2.05) is 49.4 Å². The number of aliphatic hydroxyl groups excluding tert-OH is 1. The van der Waals surface area contributed by atoms with Gasteiger partial charge in [-0.25, -0.2) is 0 Å². The van der Waals surface area contributed by atoms with Gasteiger partial charge in [-0.3, -0.25) is 0 Å². The Morgan fingerprint density at radius 2 is 2.17 bits per heavy atom. The molecule has 2 rings (SSSR count). The average Bonchev–Trinajstić information content (AvgIpc) is 2.40. The Morgan fingerprint density at radius 1 is 1.39 bits per heavy atom. The number of rotatable bonds is 5. The van der Waals surface area contributed by atoms with Crippen molar-refractivity contribution in [3.63, 3.8) is 0 Å². The van der Waals surface area contributed by atoms with E-state index in [9.17, 15) is 5.11 Å². The number of hydrogen-bond donors (Lipinski definition) is 1. The van der Waals surface area contributed by atoms with E-state index < -0.39 is 6.10 Å². The topological polar surface area (TPSA) is 38.7 Å². The number of aliphatic hydroxyl groups is 1. The molecular formula is C15H20O3.